The highest BCUT2D eigenvalue weighted by molar-refractivity contribution is 5.90. The number of anilines is 1. The Morgan fingerprint density at radius 1 is 1.45 bits per heavy atom. The number of nitriles is 1. The van der Waals surface area contributed by atoms with E-state index in [1.807, 2.05) is 0 Å². The van der Waals surface area contributed by atoms with E-state index in [9.17, 15) is 14.0 Å². The lowest BCUT2D eigenvalue weighted by Crippen LogP contribution is -2.33. The van der Waals surface area contributed by atoms with Gasteiger partial charge in [-0.3, -0.25) is 0 Å². The number of hydrogen-bond donors (Lipinski definition) is 4. The summed E-state index contributed by atoms with van der Waals surface area (Å²) >= 11 is 0. The highest BCUT2D eigenvalue weighted by Gasteiger charge is 2.14. The van der Waals surface area contributed by atoms with Gasteiger partial charge in [0.1, 0.15) is 17.4 Å². The molecule has 0 heterocycles. The van der Waals surface area contributed by atoms with Crippen LogP contribution in [0.2, 0.25) is 0 Å². The maximum atomic E-state index is 13.3. The molecule has 0 unspecified atom stereocenters. The SMILES string of the molecule is N#Cc1c(F)cccc1NC(=O)NCC[C@H](O)C(=O)O. The van der Waals surface area contributed by atoms with Crippen LogP contribution in [0.3, 0.4) is 0 Å². The van der Waals surface area contributed by atoms with Gasteiger partial charge in [0.05, 0.1) is 5.69 Å². The van der Waals surface area contributed by atoms with Crippen LogP contribution in [-0.2, 0) is 4.79 Å². The maximum absolute atomic E-state index is 13.3. The minimum atomic E-state index is -1.57. The molecule has 0 aromatic heterocycles. The fourth-order valence-electron chi connectivity index (χ4n) is 1.35. The molecule has 2 amide bonds. The Morgan fingerprint density at radius 3 is 2.75 bits per heavy atom. The minimum absolute atomic E-state index is 0.00350. The van der Waals surface area contributed by atoms with E-state index < -0.39 is 23.9 Å². The van der Waals surface area contributed by atoms with Crippen LogP contribution < -0.4 is 10.6 Å². The zero-order valence-corrected chi connectivity index (χ0v) is 10.3. The highest BCUT2D eigenvalue weighted by atomic mass is 19.1. The van der Waals surface area contributed by atoms with E-state index in [-0.39, 0.29) is 24.2 Å². The number of carbonyl (C=O) groups is 2. The molecule has 0 saturated heterocycles. The number of hydrogen-bond acceptors (Lipinski definition) is 4. The van der Waals surface area contributed by atoms with Gasteiger partial charge in [0.25, 0.3) is 0 Å². The molecule has 0 aliphatic carbocycles. The van der Waals surface area contributed by atoms with Gasteiger partial charge in [-0.2, -0.15) is 5.26 Å². The van der Waals surface area contributed by atoms with Crippen molar-refractivity contribution in [1.29, 1.82) is 5.26 Å². The molecule has 8 heteroatoms. The van der Waals surface area contributed by atoms with Crippen LogP contribution in [-0.4, -0.2) is 34.9 Å². The van der Waals surface area contributed by atoms with Gasteiger partial charge in [-0.05, 0) is 12.1 Å². The van der Waals surface area contributed by atoms with E-state index >= 15 is 0 Å². The van der Waals surface area contributed by atoms with Crippen LogP contribution in [0.5, 0.6) is 0 Å². The average molecular weight is 281 g/mol. The van der Waals surface area contributed by atoms with E-state index in [0.717, 1.165) is 6.07 Å². The van der Waals surface area contributed by atoms with Crippen LogP contribution in [0.25, 0.3) is 0 Å². The number of rotatable bonds is 5. The van der Waals surface area contributed by atoms with Crippen molar-refractivity contribution in [3.8, 4) is 6.07 Å². The van der Waals surface area contributed by atoms with Gasteiger partial charge in [0.2, 0.25) is 0 Å². The first-order chi connectivity index (χ1) is 9.45. The molecule has 1 atom stereocenters. The number of benzene rings is 1. The van der Waals surface area contributed by atoms with Crippen molar-refractivity contribution >= 4 is 17.7 Å². The smallest absolute Gasteiger partial charge is 0.332 e. The van der Waals surface area contributed by atoms with Crippen molar-refractivity contribution in [2.45, 2.75) is 12.5 Å². The molecule has 0 aliphatic heterocycles. The number of amides is 2. The Labute approximate surface area is 113 Å². The van der Waals surface area contributed by atoms with Gasteiger partial charge in [-0.25, -0.2) is 14.0 Å². The lowest BCUT2D eigenvalue weighted by molar-refractivity contribution is -0.146. The molecule has 106 valence electrons. The van der Waals surface area contributed by atoms with Crippen LogP contribution in [0.1, 0.15) is 12.0 Å². The van der Waals surface area contributed by atoms with Crippen molar-refractivity contribution in [3.63, 3.8) is 0 Å². The third-order valence-electron chi connectivity index (χ3n) is 2.36. The molecule has 0 aliphatic rings. The fraction of sp³-hybridized carbons (Fsp3) is 0.250. The summed E-state index contributed by atoms with van der Waals surface area (Å²) in [6.45, 7) is -0.0868. The van der Waals surface area contributed by atoms with Crippen molar-refractivity contribution in [3.05, 3.63) is 29.6 Å². The standard InChI is InChI=1S/C12H12FN3O4/c13-8-2-1-3-9(7(8)6-14)16-12(20)15-5-4-10(17)11(18)19/h1-3,10,17H,4-5H2,(H,18,19)(H2,15,16,20)/t10-/m0/s1. The van der Waals surface area contributed by atoms with Crippen LogP contribution in [0, 0.1) is 17.1 Å². The molecule has 0 saturated carbocycles. The first-order valence-corrected chi connectivity index (χ1v) is 5.60. The second kappa shape index (κ2) is 7.06. The van der Waals surface area contributed by atoms with Crippen LogP contribution in [0.4, 0.5) is 14.9 Å². The Bertz CT molecular complexity index is 556. The molecule has 0 radical (unpaired) electrons. The largest absolute Gasteiger partial charge is 0.479 e. The molecule has 1 aromatic rings. The van der Waals surface area contributed by atoms with E-state index in [0.29, 0.717) is 0 Å². The van der Waals surface area contributed by atoms with Crippen LogP contribution in [0.15, 0.2) is 18.2 Å². The van der Waals surface area contributed by atoms with Gasteiger partial charge in [-0.1, -0.05) is 6.07 Å². The number of nitrogens with zero attached hydrogens (tertiary/aromatic N) is 1. The summed E-state index contributed by atoms with van der Waals surface area (Å²) < 4.78 is 13.3. The van der Waals surface area contributed by atoms with E-state index in [1.165, 1.54) is 12.1 Å². The Kier molecular flexibility index (Phi) is 5.43. The topological polar surface area (TPSA) is 122 Å². The van der Waals surface area contributed by atoms with Gasteiger partial charge in [0, 0.05) is 13.0 Å². The quantitative estimate of drug-likeness (QED) is 0.631. The molecular formula is C12H12FN3O4. The normalized spacial score (nSPS) is 11.2. The zero-order chi connectivity index (χ0) is 15.1. The molecule has 0 bridgehead atoms. The molecule has 0 spiro atoms. The number of aliphatic hydroxyl groups is 1. The highest BCUT2D eigenvalue weighted by Crippen LogP contribution is 2.17. The molecule has 20 heavy (non-hydrogen) atoms. The molecule has 1 aromatic carbocycles. The number of aliphatic hydroxyl groups excluding tert-OH is 1. The molecule has 4 N–H and O–H groups in total. The number of carbonyl (C=O) groups excluding carboxylic acids is 1. The summed E-state index contributed by atoms with van der Waals surface area (Å²) in [5.74, 6) is -2.14. The van der Waals surface area contributed by atoms with Crippen molar-refractivity contribution < 1.29 is 24.2 Å². The fourth-order valence-corrected chi connectivity index (χ4v) is 1.35. The summed E-state index contributed by atoms with van der Waals surface area (Å²) in [5, 5.41) is 30.7. The first-order valence-electron chi connectivity index (χ1n) is 5.60. The Hall–Kier alpha value is -2.66. The second-order valence-electron chi connectivity index (χ2n) is 3.80. The number of carboxylic acids is 1. The molecule has 1 rings (SSSR count). The van der Waals surface area contributed by atoms with Gasteiger partial charge in [-0.15, -0.1) is 0 Å². The van der Waals surface area contributed by atoms with E-state index in [4.69, 9.17) is 15.5 Å². The number of carboxylic acid groups (broad SMARTS) is 1. The predicted octanol–water partition coefficient (Wildman–Crippen LogP) is 0.654. The van der Waals surface area contributed by atoms with Gasteiger partial charge >= 0.3 is 12.0 Å². The molecule has 0 fully saturated rings. The summed E-state index contributed by atoms with van der Waals surface area (Å²) in [7, 11) is 0. The number of urea groups is 1. The third kappa shape index (κ3) is 4.22. The second-order valence-corrected chi connectivity index (χ2v) is 3.80. The van der Waals surface area contributed by atoms with E-state index in [2.05, 4.69) is 10.6 Å². The zero-order valence-electron chi connectivity index (χ0n) is 10.3. The summed E-state index contributed by atoms with van der Waals surface area (Å²) in [6, 6.07) is 4.67. The predicted molar refractivity (Wildman–Crippen MR) is 66.4 cm³/mol. The Morgan fingerprint density at radius 2 is 2.15 bits per heavy atom. The number of aliphatic carboxylic acids is 1. The maximum Gasteiger partial charge on any atom is 0.332 e. The summed E-state index contributed by atoms with van der Waals surface area (Å²) in [4.78, 5) is 21.8. The lowest BCUT2D eigenvalue weighted by atomic mass is 10.2. The van der Waals surface area contributed by atoms with Gasteiger partial charge < -0.3 is 20.8 Å². The average Bonchev–Trinajstić information content (AvgIpc) is 2.38. The number of nitrogens with one attached hydrogen (secondary N) is 2. The lowest BCUT2D eigenvalue weighted by Gasteiger charge is -2.10. The summed E-state index contributed by atoms with van der Waals surface area (Å²) in [6.07, 6.45) is -1.74. The Balaban J connectivity index is 2.54. The number of halogens is 1. The molecular weight excluding hydrogens is 269 g/mol. The molecule has 7 nitrogen and oxygen atoms in total. The van der Waals surface area contributed by atoms with E-state index in [1.54, 1.807) is 6.07 Å². The van der Waals surface area contributed by atoms with Crippen molar-refractivity contribution in [1.82, 2.24) is 5.32 Å². The first kappa shape index (κ1) is 15.4. The third-order valence-corrected chi connectivity index (χ3v) is 2.36. The van der Waals surface area contributed by atoms with Crippen molar-refractivity contribution in [2.24, 2.45) is 0 Å². The minimum Gasteiger partial charge on any atom is -0.479 e. The monoisotopic (exact) mass is 281 g/mol. The van der Waals surface area contributed by atoms with Gasteiger partial charge in [0.15, 0.2) is 6.10 Å². The van der Waals surface area contributed by atoms with Crippen molar-refractivity contribution in [2.75, 3.05) is 11.9 Å². The summed E-state index contributed by atoms with van der Waals surface area (Å²) in [5.41, 5.74) is -0.294. The van der Waals surface area contributed by atoms with Crippen LogP contribution >= 0.6 is 0 Å².